The van der Waals surface area contributed by atoms with Crippen molar-refractivity contribution in [1.82, 2.24) is 15.1 Å². The van der Waals surface area contributed by atoms with Crippen LogP contribution in [0.2, 0.25) is 0 Å². The molecule has 4 nitrogen and oxygen atoms in total. The van der Waals surface area contributed by atoms with E-state index in [0.717, 1.165) is 5.56 Å². The highest BCUT2D eigenvalue weighted by atomic mass is 16.3. The predicted molar refractivity (Wildman–Crippen MR) is 65.3 cm³/mol. The normalized spacial score (nSPS) is 14.4. The van der Waals surface area contributed by atoms with Crippen LogP contribution in [0.5, 0.6) is 0 Å². The number of aromatic nitrogens is 2. The van der Waals surface area contributed by atoms with Crippen LogP contribution in [0.15, 0.2) is 12.4 Å². The second-order valence-corrected chi connectivity index (χ2v) is 5.26. The van der Waals surface area contributed by atoms with Crippen molar-refractivity contribution in [3.8, 4) is 0 Å². The van der Waals surface area contributed by atoms with Gasteiger partial charge in [-0.2, -0.15) is 5.10 Å². The van der Waals surface area contributed by atoms with E-state index in [2.05, 4.69) is 31.2 Å². The highest BCUT2D eigenvalue weighted by Crippen LogP contribution is 2.14. The van der Waals surface area contributed by atoms with Crippen LogP contribution in [-0.4, -0.2) is 27.0 Å². The number of hydrogen-bond acceptors (Lipinski definition) is 3. The lowest BCUT2D eigenvalue weighted by Gasteiger charge is -2.21. The molecule has 1 atom stereocenters. The Morgan fingerprint density at radius 2 is 2.06 bits per heavy atom. The maximum Gasteiger partial charge on any atom is 0.0715 e. The van der Waals surface area contributed by atoms with Crippen molar-refractivity contribution < 1.29 is 5.11 Å². The predicted octanol–water partition coefficient (Wildman–Crippen LogP) is 1.89. The standard InChI is InChI=1S/C12H23N3O/c1-9(2)15-7-11(6-14-15)10(3)13-8-12(4,5)16/h6-7,9-10,13,16H,8H2,1-5H3. The van der Waals surface area contributed by atoms with Gasteiger partial charge in [0.15, 0.2) is 0 Å². The summed E-state index contributed by atoms with van der Waals surface area (Å²) in [6.07, 6.45) is 3.93. The summed E-state index contributed by atoms with van der Waals surface area (Å²) in [5, 5.41) is 17.2. The van der Waals surface area contributed by atoms with Crippen LogP contribution >= 0.6 is 0 Å². The first-order valence-electron chi connectivity index (χ1n) is 5.79. The molecule has 0 aromatic carbocycles. The summed E-state index contributed by atoms with van der Waals surface area (Å²) in [6.45, 7) is 10.4. The SMILES string of the molecule is CC(NCC(C)(C)O)c1cnn(C(C)C)c1. The minimum atomic E-state index is -0.678. The summed E-state index contributed by atoms with van der Waals surface area (Å²) < 4.78 is 1.94. The quantitative estimate of drug-likeness (QED) is 0.804. The third-order valence-electron chi connectivity index (χ3n) is 2.49. The van der Waals surface area contributed by atoms with Crippen molar-refractivity contribution >= 4 is 0 Å². The average Bonchev–Trinajstić information content (AvgIpc) is 2.61. The van der Waals surface area contributed by atoms with Crippen molar-refractivity contribution in [2.75, 3.05) is 6.54 Å². The van der Waals surface area contributed by atoms with E-state index in [9.17, 15) is 5.11 Å². The minimum absolute atomic E-state index is 0.207. The summed E-state index contributed by atoms with van der Waals surface area (Å²) in [7, 11) is 0. The number of rotatable bonds is 5. The Labute approximate surface area is 97.7 Å². The van der Waals surface area contributed by atoms with Crippen LogP contribution in [0.1, 0.15) is 52.3 Å². The fourth-order valence-corrected chi connectivity index (χ4v) is 1.38. The summed E-state index contributed by atoms with van der Waals surface area (Å²) in [4.78, 5) is 0. The first kappa shape index (κ1) is 13.2. The van der Waals surface area contributed by atoms with Gasteiger partial charge in [0.2, 0.25) is 0 Å². The van der Waals surface area contributed by atoms with Crippen LogP contribution in [0.25, 0.3) is 0 Å². The summed E-state index contributed by atoms with van der Waals surface area (Å²) in [6, 6.07) is 0.592. The van der Waals surface area contributed by atoms with Crippen LogP contribution in [0.4, 0.5) is 0 Å². The highest BCUT2D eigenvalue weighted by molar-refractivity contribution is 5.09. The maximum atomic E-state index is 9.62. The van der Waals surface area contributed by atoms with E-state index in [0.29, 0.717) is 12.6 Å². The summed E-state index contributed by atoms with van der Waals surface area (Å²) in [5.74, 6) is 0. The zero-order valence-electron chi connectivity index (χ0n) is 10.9. The summed E-state index contributed by atoms with van der Waals surface area (Å²) >= 11 is 0. The van der Waals surface area contributed by atoms with Crippen molar-refractivity contribution in [1.29, 1.82) is 0 Å². The molecule has 1 unspecified atom stereocenters. The summed E-state index contributed by atoms with van der Waals surface area (Å²) in [5.41, 5.74) is 0.473. The fraction of sp³-hybridized carbons (Fsp3) is 0.750. The third kappa shape index (κ3) is 3.94. The molecule has 2 N–H and O–H groups in total. The molecule has 0 aliphatic heterocycles. The first-order valence-corrected chi connectivity index (χ1v) is 5.79. The van der Waals surface area contributed by atoms with Crippen LogP contribution < -0.4 is 5.32 Å². The van der Waals surface area contributed by atoms with E-state index in [-0.39, 0.29) is 6.04 Å². The van der Waals surface area contributed by atoms with Gasteiger partial charge in [-0.1, -0.05) is 0 Å². The molecule has 4 heteroatoms. The molecule has 0 saturated carbocycles. The molecular weight excluding hydrogens is 202 g/mol. The first-order chi connectivity index (χ1) is 7.29. The van der Waals surface area contributed by atoms with Gasteiger partial charge in [-0.3, -0.25) is 4.68 Å². The molecule has 0 bridgehead atoms. The third-order valence-corrected chi connectivity index (χ3v) is 2.49. The zero-order chi connectivity index (χ0) is 12.3. The average molecular weight is 225 g/mol. The Bertz CT molecular complexity index is 325. The minimum Gasteiger partial charge on any atom is -0.389 e. The van der Waals surface area contributed by atoms with Crippen molar-refractivity contribution in [2.24, 2.45) is 0 Å². The second-order valence-electron chi connectivity index (χ2n) is 5.26. The largest absolute Gasteiger partial charge is 0.389 e. The van der Waals surface area contributed by atoms with Crippen LogP contribution in [-0.2, 0) is 0 Å². The number of nitrogens with one attached hydrogen (secondary N) is 1. The molecule has 1 aromatic heterocycles. The van der Waals surface area contributed by atoms with Crippen molar-refractivity contribution in [3.63, 3.8) is 0 Å². The molecule has 1 heterocycles. The molecule has 0 saturated heterocycles. The lowest BCUT2D eigenvalue weighted by Crippen LogP contribution is -2.35. The zero-order valence-corrected chi connectivity index (χ0v) is 10.9. The van der Waals surface area contributed by atoms with E-state index >= 15 is 0 Å². The topological polar surface area (TPSA) is 50.1 Å². The molecule has 0 aliphatic rings. The van der Waals surface area contributed by atoms with Gasteiger partial charge in [-0.15, -0.1) is 0 Å². The van der Waals surface area contributed by atoms with E-state index in [1.54, 1.807) is 13.8 Å². The molecule has 92 valence electrons. The van der Waals surface area contributed by atoms with Gasteiger partial charge < -0.3 is 10.4 Å². The Morgan fingerprint density at radius 1 is 1.44 bits per heavy atom. The van der Waals surface area contributed by atoms with Gasteiger partial charge >= 0.3 is 0 Å². The molecule has 0 amide bonds. The van der Waals surface area contributed by atoms with Gasteiger partial charge in [0.05, 0.1) is 11.8 Å². The van der Waals surface area contributed by atoms with Gasteiger partial charge in [0, 0.05) is 30.4 Å². The number of aliphatic hydroxyl groups is 1. The maximum absolute atomic E-state index is 9.62. The molecule has 0 spiro atoms. The smallest absolute Gasteiger partial charge is 0.0715 e. The van der Waals surface area contributed by atoms with Gasteiger partial charge in [0.1, 0.15) is 0 Å². The van der Waals surface area contributed by atoms with Crippen molar-refractivity contribution in [2.45, 2.75) is 52.3 Å². The molecule has 0 radical (unpaired) electrons. The monoisotopic (exact) mass is 225 g/mol. The van der Waals surface area contributed by atoms with Crippen LogP contribution in [0, 0.1) is 0 Å². The highest BCUT2D eigenvalue weighted by Gasteiger charge is 2.15. The number of nitrogens with zero attached hydrogens (tertiary/aromatic N) is 2. The van der Waals surface area contributed by atoms with Gasteiger partial charge in [-0.05, 0) is 34.6 Å². The molecular formula is C12H23N3O. The van der Waals surface area contributed by atoms with E-state index < -0.39 is 5.60 Å². The van der Waals surface area contributed by atoms with Gasteiger partial charge in [-0.25, -0.2) is 0 Å². The molecule has 0 aliphatic carbocycles. The number of hydrogen-bond donors (Lipinski definition) is 2. The van der Waals surface area contributed by atoms with E-state index in [1.807, 2.05) is 17.1 Å². The Balaban J connectivity index is 2.56. The van der Waals surface area contributed by atoms with Crippen LogP contribution in [0.3, 0.4) is 0 Å². The fourth-order valence-electron chi connectivity index (χ4n) is 1.38. The molecule has 1 aromatic rings. The second kappa shape index (κ2) is 4.97. The van der Waals surface area contributed by atoms with E-state index in [1.165, 1.54) is 0 Å². The van der Waals surface area contributed by atoms with Gasteiger partial charge in [0.25, 0.3) is 0 Å². The lowest BCUT2D eigenvalue weighted by atomic mass is 10.1. The molecule has 1 rings (SSSR count). The Morgan fingerprint density at radius 3 is 2.50 bits per heavy atom. The Hall–Kier alpha value is -0.870. The Kier molecular flexibility index (Phi) is 4.10. The molecule has 0 fully saturated rings. The lowest BCUT2D eigenvalue weighted by molar-refractivity contribution is 0.0770. The van der Waals surface area contributed by atoms with E-state index in [4.69, 9.17) is 0 Å². The molecule has 16 heavy (non-hydrogen) atoms. The van der Waals surface area contributed by atoms with Crippen molar-refractivity contribution in [3.05, 3.63) is 18.0 Å².